The molecule has 0 spiro atoms. The highest BCUT2D eigenvalue weighted by atomic mass is 32.2. The van der Waals surface area contributed by atoms with E-state index in [0.717, 1.165) is 0 Å². The molecule has 1 aromatic rings. The number of thioether (sulfide) groups is 1. The third-order valence-electron chi connectivity index (χ3n) is 1.72. The van der Waals surface area contributed by atoms with Crippen LogP contribution in [0.2, 0.25) is 0 Å². The minimum absolute atomic E-state index is 0.333. The van der Waals surface area contributed by atoms with Crippen LogP contribution in [0, 0.1) is 0 Å². The Bertz CT molecular complexity index is 389. The topological polar surface area (TPSA) is 83.0 Å². The van der Waals surface area contributed by atoms with Gasteiger partial charge in [0, 0.05) is 18.9 Å². The summed E-state index contributed by atoms with van der Waals surface area (Å²) < 4.78 is 6.42. The van der Waals surface area contributed by atoms with Crippen LogP contribution in [0.1, 0.15) is 6.92 Å². The molecule has 2 N–H and O–H groups in total. The number of anilines is 1. The van der Waals surface area contributed by atoms with Gasteiger partial charge in [0.05, 0.1) is 6.61 Å². The van der Waals surface area contributed by atoms with Gasteiger partial charge in [-0.2, -0.15) is 0 Å². The number of aromatic nitrogens is 3. The molecule has 0 fully saturated rings. The van der Waals surface area contributed by atoms with Crippen molar-refractivity contribution in [3.8, 4) is 0 Å². The van der Waals surface area contributed by atoms with E-state index < -0.39 is 0 Å². The minimum atomic E-state index is -0.333. The predicted octanol–water partition coefficient (Wildman–Crippen LogP) is 0.609. The average molecular weight is 242 g/mol. The van der Waals surface area contributed by atoms with E-state index in [-0.39, 0.29) is 5.97 Å². The predicted molar refractivity (Wildman–Crippen MR) is 61.9 cm³/mol. The van der Waals surface area contributed by atoms with E-state index in [4.69, 9.17) is 10.5 Å². The van der Waals surface area contributed by atoms with Gasteiger partial charge in [-0.25, -0.2) is 4.79 Å². The molecule has 16 heavy (non-hydrogen) atoms. The van der Waals surface area contributed by atoms with E-state index in [2.05, 4.69) is 10.2 Å². The molecule has 0 aliphatic carbocycles. The second kappa shape index (κ2) is 6.16. The summed E-state index contributed by atoms with van der Waals surface area (Å²) in [6.45, 7) is 2.15. The van der Waals surface area contributed by atoms with E-state index >= 15 is 0 Å². The smallest absolute Gasteiger partial charge is 0.330 e. The van der Waals surface area contributed by atoms with Crippen LogP contribution < -0.4 is 5.73 Å². The summed E-state index contributed by atoms with van der Waals surface area (Å²) in [5.41, 5.74) is 5.52. The molecule has 0 saturated carbocycles. The highest BCUT2D eigenvalue weighted by Gasteiger charge is 2.04. The summed E-state index contributed by atoms with van der Waals surface area (Å²) in [6, 6.07) is 0. The Morgan fingerprint density at radius 2 is 2.38 bits per heavy atom. The van der Waals surface area contributed by atoms with Gasteiger partial charge in [0.1, 0.15) is 0 Å². The molecule has 0 atom stereocenters. The van der Waals surface area contributed by atoms with Gasteiger partial charge in [0.25, 0.3) is 0 Å². The van der Waals surface area contributed by atoms with Gasteiger partial charge in [-0.05, 0) is 6.92 Å². The molecule has 1 aromatic heterocycles. The lowest BCUT2D eigenvalue weighted by molar-refractivity contribution is -0.137. The van der Waals surface area contributed by atoms with Crippen LogP contribution in [0.4, 0.5) is 5.95 Å². The van der Waals surface area contributed by atoms with Crippen LogP contribution in [0.15, 0.2) is 17.3 Å². The lowest BCUT2D eigenvalue weighted by atomic mass is 10.5. The van der Waals surface area contributed by atoms with Crippen LogP contribution in [-0.4, -0.2) is 33.1 Å². The van der Waals surface area contributed by atoms with E-state index in [1.54, 1.807) is 24.6 Å². The zero-order valence-electron chi connectivity index (χ0n) is 9.21. The Hall–Kier alpha value is -1.50. The third kappa shape index (κ3) is 3.58. The molecule has 0 amide bonds. The first-order valence-corrected chi connectivity index (χ1v) is 5.74. The van der Waals surface area contributed by atoms with Crippen LogP contribution in [-0.2, 0) is 16.6 Å². The first-order chi connectivity index (χ1) is 7.65. The Balaban J connectivity index is 2.36. The summed E-state index contributed by atoms with van der Waals surface area (Å²) >= 11 is 1.44. The SMILES string of the molecule is CCOC(=O)/C=C/CSc1nnc(N)n1C. The van der Waals surface area contributed by atoms with Crippen molar-refractivity contribution in [1.29, 1.82) is 0 Å². The summed E-state index contributed by atoms with van der Waals surface area (Å²) in [7, 11) is 1.78. The average Bonchev–Trinajstić information content (AvgIpc) is 2.56. The fourth-order valence-corrected chi connectivity index (χ4v) is 1.64. The summed E-state index contributed by atoms with van der Waals surface area (Å²) in [4.78, 5) is 11.0. The quantitative estimate of drug-likeness (QED) is 0.462. The third-order valence-corrected chi connectivity index (χ3v) is 2.69. The van der Waals surface area contributed by atoms with Crippen LogP contribution in [0.5, 0.6) is 0 Å². The zero-order valence-corrected chi connectivity index (χ0v) is 10.0. The Labute approximate surface area is 97.9 Å². The number of nitrogens with zero attached hydrogens (tertiary/aromatic N) is 3. The molecule has 0 aliphatic heterocycles. The maximum atomic E-state index is 11.0. The molecule has 7 heteroatoms. The molecule has 6 nitrogen and oxygen atoms in total. The fourth-order valence-electron chi connectivity index (χ4n) is 0.909. The largest absolute Gasteiger partial charge is 0.463 e. The van der Waals surface area contributed by atoms with Crippen LogP contribution >= 0.6 is 11.8 Å². The Kier molecular flexibility index (Phi) is 4.84. The van der Waals surface area contributed by atoms with Gasteiger partial charge in [0.15, 0.2) is 5.16 Å². The van der Waals surface area contributed by atoms with Gasteiger partial charge in [-0.15, -0.1) is 10.2 Å². The van der Waals surface area contributed by atoms with Crippen molar-refractivity contribution in [2.24, 2.45) is 7.05 Å². The van der Waals surface area contributed by atoms with Gasteiger partial charge in [-0.3, -0.25) is 4.57 Å². The Morgan fingerprint density at radius 3 is 2.94 bits per heavy atom. The number of rotatable bonds is 5. The van der Waals surface area contributed by atoms with Crippen molar-refractivity contribution < 1.29 is 9.53 Å². The molecule has 1 heterocycles. The lowest BCUT2D eigenvalue weighted by Gasteiger charge is -1.98. The zero-order chi connectivity index (χ0) is 12.0. The number of hydrogen-bond donors (Lipinski definition) is 1. The molecule has 0 radical (unpaired) electrons. The van der Waals surface area contributed by atoms with Gasteiger partial charge in [-0.1, -0.05) is 17.8 Å². The van der Waals surface area contributed by atoms with Crippen molar-refractivity contribution in [3.05, 3.63) is 12.2 Å². The number of carbonyl (C=O) groups excluding carboxylic acids is 1. The van der Waals surface area contributed by atoms with Crippen molar-refractivity contribution in [3.63, 3.8) is 0 Å². The summed E-state index contributed by atoms with van der Waals surface area (Å²) in [6.07, 6.45) is 3.11. The van der Waals surface area contributed by atoms with E-state index in [1.807, 2.05) is 0 Å². The van der Waals surface area contributed by atoms with E-state index in [1.165, 1.54) is 17.8 Å². The number of ether oxygens (including phenoxy) is 1. The lowest BCUT2D eigenvalue weighted by Crippen LogP contribution is -1.99. The molecule has 0 aromatic carbocycles. The number of nitrogen functional groups attached to an aromatic ring is 1. The number of nitrogens with two attached hydrogens (primary N) is 1. The molecule has 88 valence electrons. The normalized spacial score (nSPS) is 10.9. The monoisotopic (exact) mass is 242 g/mol. The number of hydrogen-bond acceptors (Lipinski definition) is 6. The second-order valence-corrected chi connectivity index (χ2v) is 3.85. The highest BCUT2D eigenvalue weighted by molar-refractivity contribution is 7.99. The maximum Gasteiger partial charge on any atom is 0.330 e. The van der Waals surface area contributed by atoms with E-state index in [9.17, 15) is 4.79 Å². The van der Waals surface area contributed by atoms with Gasteiger partial charge in [0.2, 0.25) is 5.95 Å². The minimum Gasteiger partial charge on any atom is -0.463 e. The maximum absolute atomic E-state index is 11.0. The van der Waals surface area contributed by atoms with Crippen molar-refractivity contribution in [2.75, 3.05) is 18.1 Å². The van der Waals surface area contributed by atoms with E-state index in [0.29, 0.717) is 23.5 Å². The molecular formula is C9H14N4O2S. The van der Waals surface area contributed by atoms with Crippen molar-refractivity contribution in [1.82, 2.24) is 14.8 Å². The fraction of sp³-hybridized carbons (Fsp3) is 0.444. The number of esters is 1. The first kappa shape index (κ1) is 12.6. The van der Waals surface area contributed by atoms with Crippen molar-refractivity contribution in [2.45, 2.75) is 12.1 Å². The Morgan fingerprint density at radius 1 is 1.62 bits per heavy atom. The molecular weight excluding hydrogens is 228 g/mol. The molecule has 0 aliphatic rings. The summed E-state index contributed by atoms with van der Waals surface area (Å²) in [5, 5.41) is 8.30. The number of carbonyl (C=O) groups is 1. The van der Waals surface area contributed by atoms with Crippen LogP contribution in [0.25, 0.3) is 0 Å². The van der Waals surface area contributed by atoms with Gasteiger partial charge < -0.3 is 10.5 Å². The van der Waals surface area contributed by atoms with Crippen molar-refractivity contribution >= 4 is 23.7 Å². The standard InChI is InChI=1S/C9H14N4O2S/c1-3-15-7(14)5-4-6-16-9-12-11-8(10)13(9)2/h4-5H,3,6H2,1-2H3,(H2,10,11)/b5-4+. The summed E-state index contributed by atoms with van der Waals surface area (Å²) in [5.74, 6) is 0.655. The second-order valence-electron chi connectivity index (χ2n) is 2.87. The molecule has 0 unspecified atom stereocenters. The molecule has 0 saturated heterocycles. The van der Waals surface area contributed by atoms with Gasteiger partial charge >= 0.3 is 5.97 Å². The van der Waals surface area contributed by atoms with Crippen LogP contribution in [0.3, 0.4) is 0 Å². The molecule has 0 bridgehead atoms. The molecule has 1 rings (SSSR count). The first-order valence-electron chi connectivity index (χ1n) is 4.76. The highest BCUT2D eigenvalue weighted by Crippen LogP contribution is 2.15.